The Labute approximate surface area is 204 Å². The fraction of sp³-hybridized carbons (Fsp3) is 0.500. The first-order chi connectivity index (χ1) is 16.1. The van der Waals surface area contributed by atoms with Gasteiger partial charge in [0.25, 0.3) is 15.9 Å². The number of piperazine rings is 1. The van der Waals surface area contributed by atoms with E-state index in [0.29, 0.717) is 36.2 Å². The lowest BCUT2D eigenvalue weighted by molar-refractivity contribution is 0.0715. The quantitative estimate of drug-likeness (QED) is 0.561. The van der Waals surface area contributed by atoms with Gasteiger partial charge in [0.15, 0.2) is 0 Å². The van der Waals surface area contributed by atoms with Crippen molar-refractivity contribution in [3.63, 3.8) is 0 Å². The Morgan fingerprint density at radius 2 is 1.59 bits per heavy atom. The number of hydrogen-bond donors (Lipinski definition) is 2. The first-order valence-electron chi connectivity index (χ1n) is 12.1. The molecule has 1 aliphatic rings. The molecule has 0 aromatic heterocycles. The van der Waals surface area contributed by atoms with Crippen molar-refractivity contribution in [2.75, 3.05) is 48.9 Å². The third kappa shape index (κ3) is 6.73. The summed E-state index contributed by atoms with van der Waals surface area (Å²) in [4.78, 5) is 18.1. The van der Waals surface area contributed by atoms with E-state index in [1.807, 2.05) is 17.9 Å². The summed E-state index contributed by atoms with van der Waals surface area (Å²) >= 11 is 0. The van der Waals surface area contributed by atoms with Crippen LogP contribution in [0, 0.1) is 18.8 Å². The van der Waals surface area contributed by atoms with Crippen molar-refractivity contribution < 1.29 is 13.2 Å². The molecular weight excluding hydrogens is 448 g/mol. The summed E-state index contributed by atoms with van der Waals surface area (Å²) in [5.41, 5.74) is 2.76. The second-order valence-corrected chi connectivity index (χ2v) is 11.6. The van der Waals surface area contributed by atoms with Crippen molar-refractivity contribution in [2.24, 2.45) is 11.8 Å². The zero-order chi connectivity index (χ0) is 24.9. The summed E-state index contributed by atoms with van der Waals surface area (Å²) in [5.74, 6) is 0.592. The normalized spacial score (nSPS) is 14.5. The number of carbonyl (C=O) groups excluding carboxylic acids is 1. The Balaban J connectivity index is 1.99. The van der Waals surface area contributed by atoms with E-state index >= 15 is 0 Å². The molecule has 2 aromatic carbocycles. The van der Waals surface area contributed by atoms with E-state index in [9.17, 15) is 13.2 Å². The van der Waals surface area contributed by atoms with Crippen LogP contribution in [-0.4, -0.2) is 58.5 Å². The average Bonchev–Trinajstić information content (AvgIpc) is 2.78. The van der Waals surface area contributed by atoms with E-state index in [0.717, 1.165) is 37.4 Å². The van der Waals surface area contributed by atoms with Crippen LogP contribution in [0.4, 0.5) is 11.4 Å². The second kappa shape index (κ2) is 11.2. The molecule has 3 rings (SSSR count). The monoisotopic (exact) mass is 486 g/mol. The predicted molar refractivity (Wildman–Crippen MR) is 139 cm³/mol. The van der Waals surface area contributed by atoms with Crippen molar-refractivity contribution in [1.82, 2.24) is 10.2 Å². The molecular formula is C26H38N4O3S. The number of nitrogens with one attached hydrogen (secondary N) is 2. The molecule has 0 saturated carbocycles. The van der Waals surface area contributed by atoms with Gasteiger partial charge in [-0.15, -0.1) is 0 Å². The number of anilines is 2. The van der Waals surface area contributed by atoms with Crippen molar-refractivity contribution in [3.05, 3.63) is 53.6 Å². The van der Waals surface area contributed by atoms with Crippen LogP contribution in [0.15, 0.2) is 47.4 Å². The van der Waals surface area contributed by atoms with Crippen LogP contribution in [0.5, 0.6) is 0 Å². The van der Waals surface area contributed by atoms with Crippen LogP contribution >= 0.6 is 0 Å². The van der Waals surface area contributed by atoms with Crippen molar-refractivity contribution in [3.8, 4) is 0 Å². The number of nitrogens with zero attached hydrogens (tertiary/aromatic N) is 2. The third-order valence-corrected chi connectivity index (χ3v) is 7.12. The van der Waals surface area contributed by atoms with E-state index < -0.39 is 10.0 Å². The summed E-state index contributed by atoms with van der Waals surface area (Å²) in [6.45, 7) is 14.9. The Bertz CT molecular complexity index is 1070. The predicted octanol–water partition coefficient (Wildman–Crippen LogP) is 3.96. The zero-order valence-electron chi connectivity index (χ0n) is 21.0. The average molecular weight is 487 g/mol. The first kappa shape index (κ1) is 26.0. The molecule has 34 heavy (non-hydrogen) atoms. The van der Waals surface area contributed by atoms with Gasteiger partial charge in [0.1, 0.15) is 0 Å². The number of amides is 1. The minimum Gasteiger partial charge on any atom is -0.368 e. The Hall–Kier alpha value is -2.58. The van der Waals surface area contributed by atoms with Gasteiger partial charge in [0.2, 0.25) is 0 Å². The maximum atomic E-state index is 13.8. The Morgan fingerprint density at radius 3 is 2.15 bits per heavy atom. The van der Waals surface area contributed by atoms with Gasteiger partial charge in [0.05, 0.1) is 10.5 Å². The molecule has 1 aliphatic heterocycles. The van der Waals surface area contributed by atoms with Gasteiger partial charge >= 0.3 is 0 Å². The van der Waals surface area contributed by atoms with Gasteiger partial charge < -0.3 is 15.1 Å². The fourth-order valence-corrected chi connectivity index (χ4v) is 5.23. The molecule has 0 aliphatic carbocycles. The Kier molecular flexibility index (Phi) is 8.60. The summed E-state index contributed by atoms with van der Waals surface area (Å²) < 4.78 is 28.6. The van der Waals surface area contributed by atoms with Crippen LogP contribution in [0.25, 0.3) is 0 Å². The molecule has 2 aromatic rings. The van der Waals surface area contributed by atoms with Crippen LogP contribution in [0.3, 0.4) is 0 Å². The lowest BCUT2D eigenvalue weighted by Crippen LogP contribution is -2.45. The molecule has 0 radical (unpaired) electrons. The van der Waals surface area contributed by atoms with Gasteiger partial charge in [-0.1, -0.05) is 45.4 Å². The van der Waals surface area contributed by atoms with Crippen LogP contribution in [0.2, 0.25) is 0 Å². The maximum Gasteiger partial charge on any atom is 0.261 e. The van der Waals surface area contributed by atoms with Gasteiger partial charge in [-0.2, -0.15) is 0 Å². The third-order valence-electron chi connectivity index (χ3n) is 5.73. The first-order valence-corrected chi connectivity index (χ1v) is 13.5. The summed E-state index contributed by atoms with van der Waals surface area (Å²) in [5, 5.41) is 3.34. The van der Waals surface area contributed by atoms with E-state index in [4.69, 9.17) is 0 Å². The van der Waals surface area contributed by atoms with Crippen molar-refractivity contribution in [1.29, 1.82) is 0 Å². The minimum absolute atomic E-state index is 0.0627. The minimum atomic E-state index is -3.77. The fourth-order valence-electron chi connectivity index (χ4n) is 4.18. The molecule has 8 heteroatoms. The summed E-state index contributed by atoms with van der Waals surface area (Å²) in [6.07, 6.45) is 0. The lowest BCUT2D eigenvalue weighted by atomic mass is 10.1. The van der Waals surface area contributed by atoms with Crippen LogP contribution in [-0.2, 0) is 10.0 Å². The highest BCUT2D eigenvalue weighted by Gasteiger charge is 2.25. The zero-order valence-corrected chi connectivity index (χ0v) is 21.8. The number of sulfonamides is 1. The molecule has 1 amide bonds. The smallest absolute Gasteiger partial charge is 0.261 e. The molecule has 186 valence electrons. The van der Waals surface area contributed by atoms with Crippen LogP contribution < -0.4 is 14.9 Å². The number of benzene rings is 2. The number of carbonyl (C=O) groups is 1. The van der Waals surface area contributed by atoms with Crippen LogP contribution in [0.1, 0.15) is 43.6 Å². The number of rotatable bonds is 9. The standard InChI is InChI=1S/C26H38N4O3S/c1-19(2)17-30(18-20(3)4)26(31)24-16-22(8-11-25(24)29-14-12-27-13-15-29)28-34(32,33)23-9-6-21(5)7-10-23/h6-11,16,19-20,27-28H,12-15,17-18H2,1-5H3. The largest absolute Gasteiger partial charge is 0.368 e. The van der Waals surface area contributed by atoms with E-state index in [-0.39, 0.29) is 10.8 Å². The molecule has 7 nitrogen and oxygen atoms in total. The topological polar surface area (TPSA) is 81.8 Å². The molecule has 0 atom stereocenters. The molecule has 0 bridgehead atoms. The SMILES string of the molecule is Cc1ccc(S(=O)(=O)Nc2ccc(N3CCNCC3)c(C(=O)N(CC(C)C)CC(C)C)c2)cc1. The maximum absolute atomic E-state index is 13.8. The van der Waals surface area contributed by atoms with E-state index in [1.54, 1.807) is 36.4 Å². The van der Waals surface area contributed by atoms with E-state index in [2.05, 4.69) is 42.6 Å². The molecule has 2 N–H and O–H groups in total. The highest BCUT2D eigenvalue weighted by Crippen LogP contribution is 2.28. The summed E-state index contributed by atoms with van der Waals surface area (Å²) in [7, 11) is -3.77. The van der Waals surface area contributed by atoms with Gasteiger partial charge in [0, 0.05) is 50.6 Å². The molecule has 0 spiro atoms. The second-order valence-electron chi connectivity index (χ2n) is 9.89. The highest BCUT2D eigenvalue weighted by molar-refractivity contribution is 7.92. The highest BCUT2D eigenvalue weighted by atomic mass is 32.2. The molecule has 1 saturated heterocycles. The Morgan fingerprint density at radius 1 is 1.00 bits per heavy atom. The summed E-state index contributed by atoms with van der Waals surface area (Å²) in [6, 6.07) is 12.0. The van der Waals surface area contributed by atoms with Gasteiger partial charge in [-0.05, 0) is 49.1 Å². The lowest BCUT2D eigenvalue weighted by Gasteiger charge is -2.33. The van der Waals surface area contributed by atoms with Crippen molar-refractivity contribution in [2.45, 2.75) is 39.5 Å². The van der Waals surface area contributed by atoms with E-state index in [1.165, 1.54) is 0 Å². The number of hydrogen-bond acceptors (Lipinski definition) is 5. The molecule has 0 unspecified atom stereocenters. The van der Waals surface area contributed by atoms with Crippen molar-refractivity contribution >= 4 is 27.3 Å². The number of aryl methyl sites for hydroxylation is 1. The molecule has 1 heterocycles. The van der Waals surface area contributed by atoms with Gasteiger partial charge in [-0.25, -0.2) is 8.42 Å². The molecule has 1 fully saturated rings. The van der Waals surface area contributed by atoms with Gasteiger partial charge in [-0.3, -0.25) is 9.52 Å².